The summed E-state index contributed by atoms with van der Waals surface area (Å²) in [4.78, 5) is 8.49. The molecule has 0 aliphatic carbocycles. The zero-order valence-electron chi connectivity index (χ0n) is 12.8. The van der Waals surface area contributed by atoms with Crippen LogP contribution in [0.3, 0.4) is 0 Å². The fourth-order valence-corrected chi connectivity index (χ4v) is 3.04. The van der Waals surface area contributed by atoms with E-state index in [2.05, 4.69) is 20.5 Å². The van der Waals surface area contributed by atoms with Gasteiger partial charge in [0.2, 0.25) is 0 Å². The van der Waals surface area contributed by atoms with E-state index < -0.39 is 0 Å². The van der Waals surface area contributed by atoms with Crippen LogP contribution in [-0.4, -0.2) is 27.9 Å². The predicted molar refractivity (Wildman–Crippen MR) is 92.6 cm³/mol. The molecular formula is C16H16N4O2S. The molecule has 7 heteroatoms. The third-order valence-electron chi connectivity index (χ3n) is 3.20. The molecule has 0 saturated carbocycles. The quantitative estimate of drug-likeness (QED) is 0.553. The van der Waals surface area contributed by atoms with Gasteiger partial charge in [-0.3, -0.25) is 5.43 Å². The van der Waals surface area contributed by atoms with Crippen LogP contribution in [-0.2, 0) is 0 Å². The molecule has 23 heavy (non-hydrogen) atoms. The van der Waals surface area contributed by atoms with Gasteiger partial charge in [-0.2, -0.15) is 5.10 Å². The SMILES string of the molecule is CCOc1cc(C=NNc2ncnc3c(C)csc23)ccc1O. The lowest BCUT2D eigenvalue weighted by Gasteiger charge is -2.06. The number of anilines is 1. The van der Waals surface area contributed by atoms with Gasteiger partial charge >= 0.3 is 0 Å². The summed E-state index contributed by atoms with van der Waals surface area (Å²) in [7, 11) is 0. The lowest BCUT2D eigenvalue weighted by molar-refractivity contribution is 0.318. The highest BCUT2D eigenvalue weighted by molar-refractivity contribution is 7.18. The van der Waals surface area contributed by atoms with Gasteiger partial charge < -0.3 is 9.84 Å². The maximum Gasteiger partial charge on any atom is 0.167 e. The van der Waals surface area contributed by atoms with E-state index in [-0.39, 0.29) is 5.75 Å². The molecule has 3 aromatic rings. The van der Waals surface area contributed by atoms with Gasteiger partial charge in [-0.05, 0) is 48.6 Å². The van der Waals surface area contributed by atoms with Crippen LogP contribution in [0.2, 0.25) is 0 Å². The van der Waals surface area contributed by atoms with Gasteiger partial charge in [0.15, 0.2) is 17.3 Å². The molecule has 0 spiro atoms. The van der Waals surface area contributed by atoms with E-state index in [0.717, 1.165) is 21.3 Å². The first-order valence-corrected chi connectivity index (χ1v) is 8.00. The van der Waals surface area contributed by atoms with Gasteiger partial charge in [0, 0.05) is 0 Å². The van der Waals surface area contributed by atoms with Gasteiger partial charge in [-0.1, -0.05) is 0 Å². The van der Waals surface area contributed by atoms with Crippen molar-refractivity contribution in [3.63, 3.8) is 0 Å². The highest BCUT2D eigenvalue weighted by Gasteiger charge is 2.07. The smallest absolute Gasteiger partial charge is 0.167 e. The van der Waals surface area contributed by atoms with Gasteiger partial charge in [-0.25, -0.2) is 9.97 Å². The summed E-state index contributed by atoms with van der Waals surface area (Å²) < 4.78 is 6.33. The Hall–Kier alpha value is -2.67. The number of phenols is 1. The number of thiophene rings is 1. The average Bonchev–Trinajstić information content (AvgIpc) is 2.93. The molecule has 0 aliphatic heterocycles. The Morgan fingerprint density at radius 1 is 1.39 bits per heavy atom. The maximum atomic E-state index is 9.69. The van der Waals surface area contributed by atoms with E-state index in [9.17, 15) is 5.11 Å². The summed E-state index contributed by atoms with van der Waals surface area (Å²) in [6.07, 6.45) is 3.17. The molecule has 0 atom stereocenters. The number of fused-ring (bicyclic) bond motifs is 1. The normalized spacial score (nSPS) is 11.2. The third-order valence-corrected chi connectivity index (χ3v) is 4.29. The molecule has 2 aromatic heterocycles. The number of aryl methyl sites for hydroxylation is 1. The zero-order chi connectivity index (χ0) is 16.2. The van der Waals surface area contributed by atoms with Crippen LogP contribution in [0, 0.1) is 6.92 Å². The van der Waals surface area contributed by atoms with E-state index in [0.29, 0.717) is 18.2 Å². The van der Waals surface area contributed by atoms with Crippen LogP contribution in [0.15, 0.2) is 35.0 Å². The minimum atomic E-state index is 0.114. The molecule has 0 amide bonds. The number of nitrogens with zero attached hydrogens (tertiary/aromatic N) is 3. The van der Waals surface area contributed by atoms with Crippen molar-refractivity contribution < 1.29 is 9.84 Å². The highest BCUT2D eigenvalue weighted by atomic mass is 32.1. The second-order valence-corrected chi connectivity index (χ2v) is 5.73. The fourth-order valence-electron chi connectivity index (χ4n) is 2.10. The van der Waals surface area contributed by atoms with E-state index in [1.165, 1.54) is 6.33 Å². The Labute approximate surface area is 137 Å². The van der Waals surface area contributed by atoms with Crippen molar-refractivity contribution in [2.24, 2.45) is 5.10 Å². The van der Waals surface area contributed by atoms with Crippen LogP contribution in [0.1, 0.15) is 18.1 Å². The molecule has 2 N–H and O–H groups in total. The molecule has 2 heterocycles. The van der Waals surface area contributed by atoms with Crippen molar-refractivity contribution >= 4 is 33.6 Å². The van der Waals surface area contributed by atoms with Gasteiger partial charge in [0.1, 0.15) is 6.33 Å². The van der Waals surface area contributed by atoms with Crippen LogP contribution in [0.5, 0.6) is 11.5 Å². The molecule has 0 unspecified atom stereocenters. The molecule has 1 aromatic carbocycles. The van der Waals surface area contributed by atoms with Crippen molar-refractivity contribution in [3.05, 3.63) is 41.0 Å². The first-order valence-electron chi connectivity index (χ1n) is 7.12. The number of ether oxygens (including phenoxy) is 1. The molecule has 118 valence electrons. The van der Waals surface area contributed by atoms with Gasteiger partial charge in [0.05, 0.1) is 23.0 Å². The molecule has 6 nitrogen and oxygen atoms in total. The first-order chi connectivity index (χ1) is 11.2. The summed E-state index contributed by atoms with van der Waals surface area (Å²) in [5, 5.41) is 15.9. The molecule has 3 rings (SSSR count). The van der Waals surface area contributed by atoms with Crippen molar-refractivity contribution in [1.82, 2.24) is 9.97 Å². The van der Waals surface area contributed by atoms with Gasteiger partial charge in [0.25, 0.3) is 0 Å². The minimum absolute atomic E-state index is 0.114. The van der Waals surface area contributed by atoms with Crippen LogP contribution < -0.4 is 10.2 Å². The van der Waals surface area contributed by atoms with E-state index in [1.54, 1.807) is 35.8 Å². The number of benzene rings is 1. The van der Waals surface area contributed by atoms with E-state index in [4.69, 9.17) is 4.74 Å². The number of nitrogens with one attached hydrogen (secondary N) is 1. The third kappa shape index (κ3) is 3.24. The monoisotopic (exact) mass is 328 g/mol. The second kappa shape index (κ2) is 6.62. The number of hydrogen-bond donors (Lipinski definition) is 2. The lowest BCUT2D eigenvalue weighted by atomic mass is 10.2. The fraction of sp³-hybridized carbons (Fsp3) is 0.188. The molecule has 0 aliphatic rings. The molecular weight excluding hydrogens is 312 g/mol. The maximum absolute atomic E-state index is 9.69. The Balaban J connectivity index is 1.79. The second-order valence-electron chi connectivity index (χ2n) is 4.85. The standard InChI is InChI=1S/C16H16N4O2S/c1-3-22-13-6-11(4-5-12(13)21)7-19-20-16-15-14(17-9-18-16)10(2)8-23-15/h4-9,21H,3H2,1-2H3,(H,17,18,20). The summed E-state index contributed by atoms with van der Waals surface area (Å²) in [5.74, 6) is 1.23. The topological polar surface area (TPSA) is 79.6 Å². The number of hydrazone groups is 1. The van der Waals surface area contributed by atoms with Gasteiger partial charge in [-0.15, -0.1) is 11.3 Å². The van der Waals surface area contributed by atoms with Crippen molar-refractivity contribution in [3.8, 4) is 11.5 Å². The highest BCUT2D eigenvalue weighted by Crippen LogP contribution is 2.28. The Morgan fingerprint density at radius 3 is 3.09 bits per heavy atom. The van der Waals surface area contributed by atoms with Crippen molar-refractivity contribution in [2.45, 2.75) is 13.8 Å². The summed E-state index contributed by atoms with van der Waals surface area (Å²) >= 11 is 1.58. The Bertz CT molecular complexity index is 860. The Morgan fingerprint density at radius 2 is 2.26 bits per heavy atom. The van der Waals surface area contributed by atoms with Crippen LogP contribution in [0.25, 0.3) is 10.2 Å². The number of hydrogen-bond acceptors (Lipinski definition) is 7. The molecule has 0 radical (unpaired) electrons. The van der Waals surface area contributed by atoms with Crippen LogP contribution >= 0.6 is 11.3 Å². The molecule has 0 saturated heterocycles. The summed E-state index contributed by atoms with van der Waals surface area (Å²) in [5.41, 5.74) is 5.81. The van der Waals surface area contributed by atoms with E-state index in [1.807, 2.05) is 19.2 Å². The van der Waals surface area contributed by atoms with Crippen molar-refractivity contribution in [2.75, 3.05) is 12.0 Å². The average molecular weight is 328 g/mol. The zero-order valence-corrected chi connectivity index (χ0v) is 13.6. The molecule has 0 bridgehead atoms. The largest absolute Gasteiger partial charge is 0.504 e. The number of aromatic nitrogens is 2. The van der Waals surface area contributed by atoms with E-state index >= 15 is 0 Å². The number of phenolic OH excluding ortho intramolecular Hbond substituents is 1. The summed E-state index contributed by atoms with van der Waals surface area (Å²) in [6.45, 7) is 4.37. The lowest BCUT2D eigenvalue weighted by Crippen LogP contribution is -1.96. The predicted octanol–water partition coefficient (Wildman–Crippen LogP) is 3.55. The number of rotatable bonds is 5. The number of aromatic hydroxyl groups is 1. The first kappa shape index (κ1) is 15.2. The van der Waals surface area contributed by atoms with Crippen LogP contribution in [0.4, 0.5) is 5.82 Å². The molecule has 0 fully saturated rings. The van der Waals surface area contributed by atoms with Crippen molar-refractivity contribution in [1.29, 1.82) is 0 Å². The Kier molecular flexibility index (Phi) is 4.38. The minimum Gasteiger partial charge on any atom is -0.504 e. The summed E-state index contributed by atoms with van der Waals surface area (Å²) in [6, 6.07) is 5.07.